The van der Waals surface area contributed by atoms with Crippen LogP contribution in [-0.4, -0.2) is 65.7 Å². The molecule has 3 aromatic heterocycles. The van der Waals surface area contributed by atoms with Gasteiger partial charge in [0.15, 0.2) is 11.9 Å². The van der Waals surface area contributed by atoms with Crippen molar-refractivity contribution in [2.75, 3.05) is 42.3 Å². The Morgan fingerprint density at radius 3 is 2.65 bits per heavy atom. The van der Waals surface area contributed by atoms with E-state index in [4.69, 9.17) is 10.5 Å². The van der Waals surface area contributed by atoms with Crippen LogP contribution in [0.3, 0.4) is 0 Å². The lowest BCUT2D eigenvalue weighted by Gasteiger charge is -2.35. The van der Waals surface area contributed by atoms with Crippen LogP contribution < -0.4 is 21.3 Å². The van der Waals surface area contributed by atoms with Crippen molar-refractivity contribution in [3.8, 4) is 0 Å². The van der Waals surface area contributed by atoms with Crippen molar-refractivity contribution < 1.29 is 22.7 Å². The summed E-state index contributed by atoms with van der Waals surface area (Å²) in [6, 6.07) is 4.95. The molecule has 1 aliphatic carbocycles. The lowest BCUT2D eigenvalue weighted by atomic mass is 10.1. The molecule has 2 aliphatic rings. The van der Waals surface area contributed by atoms with E-state index in [2.05, 4.69) is 30.6 Å². The summed E-state index contributed by atoms with van der Waals surface area (Å²) >= 11 is 0. The minimum atomic E-state index is -4.43. The minimum Gasteiger partial charge on any atom is -0.383 e. The Kier molecular flexibility index (Phi) is 6.54. The third-order valence-electron chi connectivity index (χ3n) is 6.25. The number of anilines is 3. The summed E-state index contributed by atoms with van der Waals surface area (Å²) in [5.74, 6) is 1.36. The number of amidine groups is 1. The molecule has 194 valence electrons. The first-order chi connectivity index (χ1) is 17.7. The number of alkyl halides is 3. The van der Waals surface area contributed by atoms with Crippen molar-refractivity contribution in [1.29, 1.82) is 0 Å². The first-order valence-electron chi connectivity index (χ1n) is 11.7. The lowest BCUT2D eigenvalue weighted by Crippen LogP contribution is -2.49. The number of halogens is 3. The minimum absolute atomic E-state index is 0.0276. The molecule has 1 saturated carbocycles. The van der Waals surface area contributed by atoms with Gasteiger partial charge in [0.05, 0.1) is 25.0 Å². The van der Waals surface area contributed by atoms with Crippen LogP contribution in [0.1, 0.15) is 18.4 Å². The maximum absolute atomic E-state index is 13.1. The number of aliphatic imine (C=N–C) groups is 1. The number of hydrogen-bond donors (Lipinski definition) is 3. The van der Waals surface area contributed by atoms with Crippen LogP contribution in [0.5, 0.6) is 0 Å². The maximum Gasteiger partial charge on any atom is 0.416 e. The van der Waals surface area contributed by atoms with Crippen LogP contribution in [0.2, 0.25) is 0 Å². The largest absolute Gasteiger partial charge is 0.416 e. The second kappa shape index (κ2) is 9.81. The van der Waals surface area contributed by atoms with E-state index in [0.29, 0.717) is 40.2 Å². The molecule has 13 heteroatoms. The number of aromatic nitrogens is 3. The third kappa shape index (κ3) is 5.40. The van der Waals surface area contributed by atoms with Gasteiger partial charge < -0.3 is 26.0 Å². The zero-order valence-corrected chi connectivity index (χ0v) is 19.9. The Morgan fingerprint density at radius 1 is 1.16 bits per heavy atom. The molecular formula is C24H25F3N8O2. The van der Waals surface area contributed by atoms with Crippen LogP contribution in [0.4, 0.5) is 36.3 Å². The second-order valence-electron chi connectivity index (χ2n) is 8.87. The number of nitrogens with two attached hydrogens (primary N) is 1. The Labute approximate surface area is 210 Å². The molecular weight excluding hydrogens is 489 g/mol. The summed E-state index contributed by atoms with van der Waals surface area (Å²) < 4.78 is 44.0. The number of ether oxygens (including phenoxy) is 1. The summed E-state index contributed by atoms with van der Waals surface area (Å²) in [6.45, 7) is -0.0150. The summed E-state index contributed by atoms with van der Waals surface area (Å²) in [6.07, 6.45) is 0.109. The molecule has 0 aromatic carbocycles. The molecule has 0 radical (unpaired) electrons. The number of nitrogens with one attached hydrogen (secondary N) is 2. The van der Waals surface area contributed by atoms with E-state index in [9.17, 15) is 18.0 Å². The van der Waals surface area contributed by atoms with Crippen LogP contribution in [0, 0.1) is 5.92 Å². The highest BCUT2D eigenvalue weighted by Gasteiger charge is 2.43. The quantitative estimate of drug-likeness (QED) is 0.338. The van der Waals surface area contributed by atoms with Crippen molar-refractivity contribution in [1.82, 2.24) is 15.0 Å². The Hall–Kier alpha value is -4.00. The molecule has 3 aromatic rings. The average molecular weight is 515 g/mol. The molecule has 2 fully saturated rings. The number of fused-ring (bicyclic) bond motifs is 1. The highest BCUT2D eigenvalue weighted by Crippen LogP contribution is 2.32. The van der Waals surface area contributed by atoms with Gasteiger partial charge in [-0.05, 0) is 31.0 Å². The van der Waals surface area contributed by atoms with E-state index in [1.807, 2.05) is 0 Å². The van der Waals surface area contributed by atoms with Gasteiger partial charge in [0.25, 0.3) is 0 Å². The van der Waals surface area contributed by atoms with Gasteiger partial charge in [0, 0.05) is 48.2 Å². The number of pyridine rings is 3. The zero-order chi connectivity index (χ0) is 26.2. The summed E-state index contributed by atoms with van der Waals surface area (Å²) in [5, 5.41) is 7.22. The molecule has 1 saturated heterocycles. The van der Waals surface area contributed by atoms with Crippen molar-refractivity contribution in [3.63, 3.8) is 0 Å². The van der Waals surface area contributed by atoms with E-state index in [1.165, 1.54) is 6.20 Å². The number of carbonyl (C=O) groups is 1. The Balaban J connectivity index is 1.40. The molecule has 0 bridgehead atoms. The van der Waals surface area contributed by atoms with Crippen LogP contribution in [-0.2, 0) is 9.53 Å². The first-order valence-corrected chi connectivity index (χ1v) is 11.7. The molecule has 10 nitrogen and oxygen atoms in total. The number of nitrogens with zero attached hydrogens (tertiary/aromatic N) is 5. The van der Waals surface area contributed by atoms with E-state index in [-0.39, 0.29) is 36.6 Å². The standard InChI is InChI=1S/C24H25F3N8O2/c1-29-22-17-11-31-20(34-23(36)13-2-3-13)8-15(17)16(10-32-22)21(28)33-19-5-4-14(9-30-19)35-6-7-37-18(12-35)24(25,26)27/h4-5,8-11,13,18H,2-3,6-7,12H2,1H3,(H,29,32)(H2,28,30,33)(H,31,34,36)/t18-/m0/s1. The van der Waals surface area contributed by atoms with E-state index in [0.717, 1.165) is 12.8 Å². The number of amides is 1. The van der Waals surface area contributed by atoms with Crippen molar-refractivity contribution >= 4 is 45.7 Å². The normalized spacial score (nSPS) is 18.6. The smallest absolute Gasteiger partial charge is 0.383 e. The van der Waals surface area contributed by atoms with Crippen LogP contribution in [0.15, 0.2) is 41.8 Å². The van der Waals surface area contributed by atoms with Gasteiger partial charge >= 0.3 is 6.18 Å². The number of hydrogen-bond acceptors (Lipinski definition) is 8. The molecule has 5 rings (SSSR count). The van der Waals surface area contributed by atoms with E-state index < -0.39 is 12.3 Å². The van der Waals surface area contributed by atoms with Crippen LogP contribution in [0.25, 0.3) is 10.8 Å². The highest BCUT2D eigenvalue weighted by molar-refractivity contribution is 6.12. The fourth-order valence-corrected chi connectivity index (χ4v) is 4.08. The molecule has 37 heavy (non-hydrogen) atoms. The molecule has 0 spiro atoms. The van der Waals surface area contributed by atoms with Crippen molar-refractivity contribution in [2.45, 2.75) is 25.1 Å². The van der Waals surface area contributed by atoms with E-state index in [1.54, 1.807) is 42.5 Å². The predicted octanol–water partition coefficient (Wildman–Crippen LogP) is 3.22. The number of carbonyl (C=O) groups excluding carboxylic acids is 1. The topological polar surface area (TPSA) is 131 Å². The van der Waals surface area contributed by atoms with Gasteiger partial charge in [0.2, 0.25) is 5.91 Å². The molecule has 4 N–H and O–H groups in total. The van der Waals surface area contributed by atoms with Crippen molar-refractivity contribution in [3.05, 3.63) is 42.4 Å². The van der Waals surface area contributed by atoms with Crippen molar-refractivity contribution in [2.24, 2.45) is 16.6 Å². The van der Waals surface area contributed by atoms with Gasteiger partial charge in [-0.15, -0.1) is 0 Å². The Bertz CT molecular complexity index is 1340. The molecule has 4 heterocycles. The third-order valence-corrected chi connectivity index (χ3v) is 6.25. The molecule has 0 unspecified atom stereocenters. The fraction of sp³-hybridized carbons (Fsp3) is 0.375. The molecule has 1 amide bonds. The summed E-state index contributed by atoms with van der Waals surface area (Å²) in [4.78, 5) is 31.2. The first kappa shape index (κ1) is 24.7. The number of rotatable bonds is 6. The van der Waals surface area contributed by atoms with Gasteiger partial charge in [-0.25, -0.2) is 19.9 Å². The second-order valence-corrected chi connectivity index (χ2v) is 8.87. The maximum atomic E-state index is 13.1. The van der Waals surface area contributed by atoms with Gasteiger partial charge in [-0.1, -0.05) is 0 Å². The zero-order valence-electron chi connectivity index (χ0n) is 19.9. The highest BCUT2D eigenvalue weighted by atomic mass is 19.4. The number of morpholine rings is 1. The molecule has 1 aliphatic heterocycles. The average Bonchev–Trinajstić information content (AvgIpc) is 3.74. The Morgan fingerprint density at radius 2 is 1.97 bits per heavy atom. The monoisotopic (exact) mass is 514 g/mol. The summed E-state index contributed by atoms with van der Waals surface area (Å²) in [5.41, 5.74) is 7.38. The molecule has 1 atom stereocenters. The van der Waals surface area contributed by atoms with Crippen LogP contribution >= 0.6 is 0 Å². The SMILES string of the molecule is CNc1ncc(C(N)=Nc2ccc(N3CCO[C@H](C(F)(F)F)C3)cn2)c2cc(NC(=O)C3CC3)ncc12. The lowest BCUT2D eigenvalue weighted by molar-refractivity contribution is -0.221. The predicted molar refractivity (Wildman–Crippen MR) is 133 cm³/mol. The van der Waals surface area contributed by atoms with Gasteiger partial charge in [-0.2, -0.15) is 13.2 Å². The van der Waals surface area contributed by atoms with Gasteiger partial charge in [-0.3, -0.25) is 4.79 Å². The van der Waals surface area contributed by atoms with Gasteiger partial charge in [0.1, 0.15) is 17.5 Å². The van der Waals surface area contributed by atoms with E-state index >= 15 is 0 Å². The fourth-order valence-electron chi connectivity index (χ4n) is 4.08. The summed E-state index contributed by atoms with van der Waals surface area (Å²) in [7, 11) is 1.73.